The lowest BCUT2D eigenvalue weighted by Gasteiger charge is -2.10. The van der Waals surface area contributed by atoms with Crippen molar-refractivity contribution in [1.82, 2.24) is 0 Å². The Morgan fingerprint density at radius 2 is 1.58 bits per heavy atom. The van der Waals surface area contributed by atoms with Gasteiger partial charge in [-0.1, -0.05) is 29.8 Å². The van der Waals surface area contributed by atoms with Crippen LogP contribution in [0.5, 0.6) is 5.75 Å². The van der Waals surface area contributed by atoms with Crippen molar-refractivity contribution < 1.29 is 25.8 Å². The normalized spacial score (nSPS) is 12.6. The molecule has 0 saturated heterocycles. The molecule has 0 aliphatic rings. The highest BCUT2D eigenvalue weighted by atomic mass is 32.2. The highest BCUT2D eigenvalue weighted by molar-refractivity contribution is 7.88. The number of hydrogen-bond acceptors (Lipinski definition) is 3. The zero-order valence-electron chi connectivity index (χ0n) is 9.73. The number of alkyl halides is 3. The first-order valence-corrected chi connectivity index (χ1v) is 6.61. The molecule has 2 aromatic rings. The van der Waals surface area contributed by atoms with Crippen molar-refractivity contribution in [3.05, 3.63) is 42.0 Å². The summed E-state index contributed by atoms with van der Waals surface area (Å²) in [4.78, 5) is 0. The maximum absolute atomic E-state index is 12.2. The molecule has 2 aromatic carbocycles. The quantitative estimate of drug-likeness (QED) is 0.629. The van der Waals surface area contributed by atoms with E-state index in [1.165, 1.54) is 18.2 Å². The lowest BCUT2D eigenvalue weighted by atomic mass is 10.1. The fraction of sp³-hybridized carbons (Fsp3) is 0.167. The lowest BCUT2D eigenvalue weighted by molar-refractivity contribution is -0.0500. The highest BCUT2D eigenvalue weighted by Crippen LogP contribution is 2.29. The molecule has 0 amide bonds. The van der Waals surface area contributed by atoms with Crippen molar-refractivity contribution >= 4 is 20.9 Å². The summed E-state index contributed by atoms with van der Waals surface area (Å²) in [7, 11) is -5.63. The van der Waals surface area contributed by atoms with E-state index >= 15 is 0 Å². The summed E-state index contributed by atoms with van der Waals surface area (Å²) in [5, 5.41) is 1.39. The largest absolute Gasteiger partial charge is 0.534 e. The fourth-order valence-corrected chi connectivity index (χ4v) is 2.02. The summed E-state index contributed by atoms with van der Waals surface area (Å²) >= 11 is 0. The molecule has 0 fully saturated rings. The van der Waals surface area contributed by atoms with E-state index in [9.17, 15) is 21.6 Å². The zero-order valence-corrected chi connectivity index (χ0v) is 10.5. The Morgan fingerprint density at radius 3 is 2.21 bits per heavy atom. The first kappa shape index (κ1) is 13.7. The van der Waals surface area contributed by atoms with Gasteiger partial charge in [-0.2, -0.15) is 21.6 Å². The predicted octanol–water partition coefficient (Wildman–Crippen LogP) is 3.38. The van der Waals surface area contributed by atoms with Crippen LogP contribution in [0.3, 0.4) is 0 Å². The Kier molecular flexibility index (Phi) is 3.17. The van der Waals surface area contributed by atoms with Gasteiger partial charge in [-0.3, -0.25) is 0 Å². The summed E-state index contributed by atoms with van der Waals surface area (Å²) in [5.74, 6) is -0.367. The van der Waals surface area contributed by atoms with Crippen LogP contribution >= 0.6 is 0 Å². The second-order valence-corrected chi connectivity index (χ2v) is 5.53. The first-order valence-electron chi connectivity index (χ1n) is 5.20. The van der Waals surface area contributed by atoms with E-state index in [1.54, 1.807) is 12.1 Å². The Bertz CT molecular complexity index is 721. The Labute approximate surface area is 107 Å². The molecule has 0 atom stereocenters. The second-order valence-electron chi connectivity index (χ2n) is 4.00. The van der Waals surface area contributed by atoms with E-state index in [0.29, 0.717) is 5.39 Å². The number of halogens is 3. The van der Waals surface area contributed by atoms with Gasteiger partial charge in [0.15, 0.2) is 0 Å². The van der Waals surface area contributed by atoms with Gasteiger partial charge in [0, 0.05) is 0 Å². The monoisotopic (exact) mass is 290 g/mol. The Balaban J connectivity index is 2.40. The van der Waals surface area contributed by atoms with Crippen molar-refractivity contribution in [3.8, 4) is 5.75 Å². The van der Waals surface area contributed by atoms with Gasteiger partial charge in [-0.15, -0.1) is 0 Å². The smallest absolute Gasteiger partial charge is 0.376 e. The van der Waals surface area contributed by atoms with Crippen molar-refractivity contribution in [2.24, 2.45) is 0 Å². The topological polar surface area (TPSA) is 43.4 Å². The molecular formula is C12H9F3O3S. The van der Waals surface area contributed by atoms with Crippen LogP contribution in [0.15, 0.2) is 36.4 Å². The highest BCUT2D eigenvalue weighted by Gasteiger charge is 2.48. The molecule has 0 spiro atoms. The molecule has 0 heterocycles. The van der Waals surface area contributed by atoms with Gasteiger partial charge in [0.25, 0.3) is 0 Å². The van der Waals surface area contributed by atoms with Crippen LogP contribution in [0.25, 0.3) is 10.8 Å². The SMILES string of the molecule is Cc1ccc2cc(OS(=O)(=O)C(F)(F)F)ccc2c1. The molecule has 0 aliphatic carbocycles. The molecule has 0 unspecified atom stereocenters. The number of rotatable bonds is 2. The van der Waals surface area contributed by atoms with Crippen LogP contribution in [0.4, 0.5) is 13.2 Å². The number of fused-ring (bicyclic) bond motifs is 1. The van der Waals surface area contributed by atoms with Gasteiger partial charge >= 0.3 is 15.6 Å². The van der Waals surface area contributed by atoms with Crippen LogP contribution in [-0.4, -0.2) is 13.9 Å². The van der Waals surface area contributed by atoms with Crippen molar-refractivity contribution in [2.45, 2.75) is 12.4 Å². The summed E-state index contributed by atoms with van der Waals surface area (Å²) in [6, 6.07) is 9.21. The Morgan fingerprint density at radius 1 is 1.00 bits per heavy atom. The third-order valence-corrected chi connectivity index (χ3v) is 3.44. The molecule has 0 aliphatic heterocycles. The predicted molar refractivity (Wildman–Crippen MR) is 64.3 cm³/mol. The average Bonchev–Trinajstić information content (AvgIpc) is 2.27. The number of hydrogen-bond donors (Lipinski definition) is 0. The van der Waals surface area contributed by atoms with Crippen LogP contribution < -0.4 is 4.18 Å². The van der Waals surface area contributed by atoms with E-state index in [0.717, 1.165) is 10.9 Å². The standard InChI is InChI=1S/C12H9F3O3S/c1-8-2-3-10-7-11(5-4-9(10)6-8)18-19(16,17)12(13,14)15/h2-7H,1H3. The maximum atomic E-state index is 12.2. The summed E-state index contributed by atoms with van der Waals surface area (Å²) < 4.78 is 62.3. The molecule has 0 bridgehead atoms. The lowest BCUT2D eigenvalue weighted by Crippen LogP contribution is -2.28. The van der Waals surface area contributed by atoms with Gasteiger partial charge in [0.1, 0.15) is 5.75 Å². The molecule has 3 nitrogen and oxygen atoms in total. The number of benzene rings is 2. The molecule has 102 valence electrons. The van der Waals surface area contributed by atoms with Gasteiger partial charge in [0.05, 0.1) is 0 Å². The molecule has 2 rings (SSSR count). The van der Waals surface area contributed by atoms with Crippen LogP contribution in [0, 0.1) is 6.92 Å². The van der Waals surface area contributed by atoms with Crippen molar-refractivity contribution in [1.29, 1.82) is 0 Å². The fourth-order valence-electron chi connectivity index (χ4n) is 1.57. The Hall–Kier alpha value is -1.76. The number of aryl methyl sites for hydroxylation is 1. The zero-order chi connectivity index (χ0) is 14.3. The first-order chi connectivity index (χ1) is 8.69. The molecule has 7 heteroatoms. The molecular weight excluding hydrogens is 281 g/mol. The molecule has 0 radical (unpaired) electrons. The second kappa shape index (κ2) is 4.41. The van der Waals surface area contributed by atoms with Gasteiger partial charge in [-0.05, 0) is 29.8 Å². The van der Waals surface area contributed by atoms with E-state index < -0.39 is 15.6 Å². The van der Waals surface area contributed by atoms with E-state index in [4.69, 9.17) is 0 Å². The van der Waals surface area contributed by atoms with Crippen molar-refractivity contribution in [2.75, 3.05) is 0 Å². The minimum atomic E-state index is -5.63. The summed E-state index contributed by atoms with van der Waals surface area (Å²) in [6.07, 6.45) is 0. The third kappa shape index (κ3) is 2.81. The van der Waals surface area contributed by atoms with Crippen LogP contribution in [-0.2, 0) is 10.1 Å². The van der Waals surface area contributed by atoms with Crippen LogP contribution in [0.1, 0.15) is 5.56 Å². The molecule has 0 saturated carbocycles. The molecule has 0 N–H and O–H groups in total. The minimum absolute atomic E-state index is 0.367. The van der Waals surface area contributed by atoms with Gasteiger partial charge < -0.3 is 4.18 Å². The van der Waals surface area contributed by atoms with E-state index in [1.807, 2.05) is 13.0 Å². The average molecular weight is 290 g/mol. The van der Waals surface area contributed by atoms with Gasteiger partial charge in [-0.25, -0.2) is 0 Å². The van der Waals surface area contributed by atoms with E-state index in [2.05, 4.69) is 4.18 Å². The summed E-state index contributed by atoms with van der Waals surface area (Å²) in [5.41, 5.74) is -4.45. The maximum Gasteiger partial charge on any atom is 0.534 e. The molecule has 19 heavy (non-hydrogen) atoms. The third-order valence-electron chi connectivity index (χ3n) is 2.46. The minimum Gasteiger partial charge on any atom is -0.376 e. The summed E-state index contributed by atoms with van der Waals surface area (Å²) in [6.45, 7) is 1.87. The van der Waals surface area contributed by atoms with Crippen molar-refractivity contribution in [3.63, 3.8) is 0 Å². The molecule has 0 aromatic heterocycles. The van der Waals surface area contributed by atoms with Crippen LogP contribution in [0.2, 0.25) is 0 Å². The van der Waals surface area contributed by atoms with E-state index in [-0.39, 0.29) is 5.75 Å². The van der Waals surface area contributed by atoms with Gasteiger partial charge in [0.2, 0.25) is 0 Å².